The van der Waals surface area contributed by atoms with Crippen LogP contribution >= 0.6 is 0 Å². The van der Waals surface area contributed by atoms with E-state index in [0.717, 1.165) is 25.4 Å². The van der Waals surface area contributed by atoms with E-state index in [0.29, 0.717) is 17.2 Å². The lowest BCUT2D eigenvalue weighted by Gasteiger charge is -2.28. The third-order valence-corrected chi connectivity index (χ3v) is 6.36. The summed E-state index contributed by atoms with van der Waals surface area (Å²) in [6, 6.07) is 9.58. The summed E-state index contributed by atoms with van der Waals surface area (Å²) in [6.45, 7) is 2.15. The maximum Gasteiger partial charge on any atom is 0.254 e. The van der Waals surface area contributed by atoms with Crippen LogP contribution in [0.5, 0.6) is 11.6 Å². The van der Waals surface area contributed by atoms with Crippen molar-refractivity contribution in [2.45, 2.75) is 57.3 Å². The Kier molecular flexibility index (Phi) is 6.45. The van der Waals surface area contributed by atoms with Gasteiger partial charge in [-0.2, -0.15) is 0 Å². The molecule has 0 radical (unpaired) electrons. The Morgan fingerprint density at radius 3 is 2.79 bits per heavy atom. The molecular weight excluding hydrogens is 362 g/mol. The number of amides is 1. The third-order valence-electron chi connectivity index (χ3n) is 6.36. The van der Waals surface area contributed by atoms with Crippen LogP contribution in [-0.4, -0.2) is 24.0 Å². The quantitative estimate of drug-likeness (QED) is 0.723. The first-order chi connectivity index (χ1) is 14.2. The summed E-state index contributed by atoms with van der Waals surface area (Å²) < 4.78 is 5.95. The monoisotopic (exact) mass is 393 g/mol. The minimum Gasteiger partial charge on any atom is -0.438 e. The number of carbonyl (C=O) groups is 1. The topological polar surface area (TPSA) is 77.2 Å². The molecule has 1 heterocycles. The molecule has 0 aliphatic heterocycles. The van der Waals surface area contributed by atoms with Gasteiger partial charge < -0.3 is 15.8 Å². The minimum atomic E-state index is -0.532. The van der Waals surface area contributed by atoms with Crippen molar-refractivity contribution in [3.63, 3.8) is 0 Å². The predicted octanol–water partition coefficient (Wildman–Crippen LogP) is 4.56. The number of hydrogen-bond acceptors (Lipinski definition) is 4. The van der Waals surface area contributed by atoms with E-state index in [2.05, 4.69) is 22.4 Å². The van der Waals surface area contributed by atoms with Crippen LogP contribution in [-0.2, 0) is 6.42 Å². The molecule has 1 amide bonds. The van der Waals surface area contributed by atoms with Crippen molar-refractivity contribution < 1.29 is 9.53 Å². The van der Waals surface area contributed by atoms with Gasteiger partial charge in [0.15, 0.2) is 0 Å². The molecule has 1 fully saturated rings. The molecule has 1 atom stereocenters. The Balaban J connectivity index is 1.45. The van der Waals surface area contributed by atoms with E-state index in [1.54, 1.807) is 18.3 Å². The summed E-state index contributed by atoms with van der Waals surface area (Å²) >= 11 is 0. The number of nitrogens with one attached hydrogen (secondary N) is 1. The van der Waals surface area contributed by atoms with Crippen LogP contribution in [0.4, 0.5) is 0 Å². The lowest BCUT2D eigenvalue weighted by molar-refractivity contribution is 0.0997. The summed E-state index contributed by atoms with van der Waals surface area (Å²) in [4.78, 5) is 15.8. The number of pyridine rings is 1. The summed E-state index contributed by atoms with van der Waals surface area (Å²) in [5.41, 5.74) is 8.52. The van der Waals surface area contributed by atoms with Gasteiger partial charge in [0, 0.05) is 12.7 Å². The number of nitrogens with two attached hydrogens (primary N) is 1. The number of benzene rings is 1. The summed E-state index contributed by atoms with van der Waals surface area (Å²) in [6.07, 6.45) is 12.1. The molecule has 154 valence electrons. The molecule has 1 aromatic carbocycles. The van der Waals surface area contributed by atoms with E-state index >= 15 is 0 Å². The van der Waals surface area contributed by atoms with Gasteiger partial charge in [0.2, 0.25) is 5.88 Å². The number of rotatable bonds is 7. The second kappa shape index (κ2) is 9.40. The van der Waals surface area contributed by atoms with E-state index in [1.807, 2.05) is 6.07 Å². The number of fused-ring (bicyclic) bond motifs is 1. The molecule has 0 saturated heterocycles. The molecular formula is C24H31N3O2. The van der Waals surface area contributed by atoms with E-state index in [-0.39, 0.29) is 5.88 Å². The van der Waals surface area contributed by atoms with Crippen LogP contribution in [0.1, 0.15) is 72.3 Å². The molecule has 1 aromatic heterocycles. The smallest absolute Gasteiger partial charge is 0.254 e. The fourth-order valence-corrected chi connectivity index (χ4v) is 4.77. The van der Waals surface area contributed by atoms with Crippen LogP contribution in [0.25, 0.3) is 0 Å². The average Bonchev–Trinajstić information content (AvgIpc) is 2.75. The standard InChI is InChI=1S/C24H31N3O2/c25-23(28)21-10-5-13-27-24(21)29-20-12-11-18-8-4-9-19(22(18)14-20)16-26-15-17-6-2-1-3-7-17/h5,10-14,17,19,26H,1-4,6-9,15-16H2,(H2,25,28). The molecule has 29 heavy (non-hydrogen) atoms. The zero-order valence-corrected chi connectivity index (χ0v) is 17.0. The van der Waals surface area contributed by atoms with Crippen molar-refractivity contribution in [1.82, 2.24) is 10.3 Å². The molecule has 1 saturated carbocycles. The normalized spacial score (nSPS) is 19.5. The number of hydrogen-bond donors (Lipinski definition) is 2. The maximum atomic E-state index is 11.6. The van der Waals surface area contributed by atoms with E-state index < -0.39 is 5.91 Å². The van der Waals surface area contributed by atoms with Gasteiger partial charge >= 0.3 is 0 Å². The van der Waals surface area contributed by atoms with Gasteiger partial charge in [0.1, 0.15) is 11.3 Å². The molecule has 3 N–H and O–H groups in total. The van der Waals surface area contributed by atoms with E-state index in [9.17, 15) is 4.79 Å². The fraction of sp³-hybridized carbons (Fsp3) is 0.500. The van der Waals surface area contributed by atoms with Crippen molar-refractivity contribution in [1.29, 1.82) is 0 Å². The highest BCUT2D eigenvalue weighted by Crippen LogP contribution is 2.35. The fourth-order valence-electron chi connectivity index (χ4n) is 4.77. The molecule has 5 nitrogen and oxygen atoms in total. The number of carbonyl (C=O) groups excluding carboxylic acids is 1. The molecule has 0 spiro atoms. The first-order valence-corrected chi connectivity index (χ1v) is 11.0. The minimum absolute atomic E-state index is 0.266. The first-order valence-electron chi connectivity index (χ1n) is 11.0. The zero-order chi connectivity index (χ0) is 20.1. The average molecular weight is 394 g/mol. The van der Waals surface area contributed by atoms with Gasteiger partial charge in [0.05, 0.1) is 0 Å². The maximum absolute atomic E-state index is 11.6. The van der Waals surface area contributed by atoms with Gasteiger partial charge in [-0.25, -0.2) is 4.98 Å². The number of primary amides is 1. The number of aromatic nitrogens is 1. The van der Waals surface area contributed by atoms with E-state index in [1.165, 1.54) is 56.1 Å². The lowest BCUT2D eigenvalue weighted by Crippen LogP contribution is -2.29. The van der Waals surface area contributed by atoms with Crippen molar-refractivity contribution in [3.05, 3.63) is 53.2 Å². The Labute approximate surface area is 173 Å². The van der Waals surface area contributed by atoms with Crippen molar-refractivity contribution in [2.24, 2.45) is 11.7 Å². The summed E-state index contributed by atoms with van der Waals surface area (Å²) in [5.74, 6) is 1.80. The second-order valence-electron chi connectivity index (χ2n) is 8.43. The molecule has 1 unspecified atom stereocenters. The van der Waals surface area contributed by atoms with Crippen molar-refractivity contribution in [2.75, 3.05) is 13.1 Å². The summed E-state index contributed by atoms with van der Waals surface area (Å²) in [5, 5.41) is 3.74. The second-order valence-corrected chi connectivity index (χ2v) is 8.43. The highest BCUT2D eigenvalue weighted by molar-refractivity contribution is 5.95. The highest BCUT2D eigenvalue weighted by Gasteiger charge is 2.22. The Bertz CT molecular complexity index is 846. The lowest BCUT2D eigenvalue weighted by atomic mass is 9.82. The molecule has 2 aromatic rings. The van der Waals surface area contributed by atoms with Gasteiger partial charge in [0.25, 0.3) is 5.91 Å². The van der Waals surface area contributed by atoms with Crippen LogP contribution in [0.3, 0.4) is 0 Å². The zero-order valence-electron chi connectivity index (χ0n) is 17.0. The molecule has 2 aliphatic rings. The molecule has 4 rings (SSSR count). The summed E-state index contributed by atoms with van der Waals surface area (Å²) in [7, 11) is 0. The predicted molar refractivity (Wildman–Crippen MR) is 114 cm³/mol. The number of aryl methyl sites for hydroxylation is 1. The molecule has 0 bridgehead atoms. The van der Waals surface area contributed by atoms with Crippen molar-refractivity contribution >= 4 is 5.91 Å². The number of nitrogens with zero attached hydrogens (tertiary/aromatic N) is 1. The van der Waals surface area contributed by atoms with Crippen LogP contribution in [0, 0.1) is 5.92 Å². The van der Waals surface area contributed by atoms with Gasteiger partial charge in [-0.3, -0.25) is 4.79 Å². The van der Waals surface area contributed by atoms with Crippen LogP contribution in [0.15, 0.2) is 36.5 Å². The Morgan fingerprint density at radius 1 is 1.10 bits per heavy atom. The van der Waals surface area contributed by atoms with Gasteiger partial charge in [-0.1, -0.05) is 25.3 Å². The van der Waals surface area contributed by atoms with Gasteiger partial charge in [-0.05, 0) is 85.9 Å². The van der Waals surface area contributed by atoms with Crippen LogP contribution in [0.2, 0.25) is 0 Å². The third kappa shape index (κ3) is 4.96. The Hall–Kier alpha value is -2.40. The SMILES string of the molecule is NC(=O)c1cccnc1Oc1ccc2c(c1)C(CNCC1CCCCC1)CCC2. The van der Waals surface area contributed by atoms with Crippen molar-refractivity contribution in [3.8, 4) is 11.6 Å². The first kappa shape index (κ1) is 19.9. The largest absolute Gasteiger partial charge is 0.438 e. The highest BCUT2D eigenvalue weighted by atomic mass is 16.5. The number of ether oxygens (including phenoxy) is 1. The van der Waals surface area contributed by atoms with Gasteiger partial charge in [-0.15, -0.1) is 0 Å². The molecule has 2 aliphatic carbocycles. The Morgan fingerprint density at radius 2 is 1.97 bits per heavy atom. The van der Waals surface area contributed by atoms with Crippen LogP contribution < -0.4 is 15.8 Å². The van der Waals surface area contributed by atoms with E-state index in [4.69, 9.17) is 10.5 Å². The molecule has 5 heteroatoms.